The molecule has 96 valence electrons. The first-order chi connectivity index (χ1) is 8.49. The van der Waals surface area contributed by atoms with Gasteiger partial charge in [0.1, 0.15) is 0 Å². The van der Waals surface area contributed by atoms with Crippen molar-refractivity contribution in [1.82, 2.24) is 9.78 Å². The van der Waals surface area contributed by atoms with Crippen LogP contribution in [0.5, 0.6) is 0 Å². The van der Waals surface area contributed by atoms with Gasteiger partial charge in [0.15, 0.2) is 0 Å². The van der Waals surface area contributed by atoms with Crippen LogP contribution in [0.2, 0.25) is 0 Å². The zero-order valence-electron chi connectivity index (χ0n) is 11.2. The lowest BCUT2D eigenvalue weighted by Crippen LogP contribution is -2.06. The lowest BCUT2D eigenvalue weighted by molar-refractivity contribution is 0.712. The molecular weight excluding hydrogens is 290 g/mol. The molecule has 0 aliphatic carbocycles. The zero-order chi connectivity index (χ0) is 13.3. The van der Waals surface area contributed by atoms with Crippen LogP contribution in [0.15, 0.2) is 22.7 Å². The SMILES string of the molecule is Cc1ccc(NCc2c(Br)c(C)nn2C)c(C)c1. The topological polar surface area (TPSA) is 29.9 Å². The molecule has 4 heteroatoms. The Morgan fingerprint density at radius 1 is 1.28 bits per heavy atom. The standard InChI is InChI=1S/C14H18BrN3/c1-9-5-6-12(10(2)7-9)16-8-13-14(15)11(3)17-18(13)4/h5-7,16H,8H2,1-4H3. The third kappa shape index (κ3) is 2.58. The first-order valence-electron chi connectivity index (χ1n) is 5.98. The number of hydrogen-bond acceptors (Lipinski definition) is 2. The van der Waals surface area contributed by atoms with E-state index in [1.807, 2.05) is 18.7 Å². The maximum Gasteiger partial charge on any atom is 0.0739 e. The number of benzene rings is 1. The van der Waals surface area contributed by atoms with Gasteiger partial charge in [0.2, 0.25) is 0 Å². The Morgan fingerprint density at radius 3 is 2.56 bits per heavy atom. The zero-order valence-corrected chi connectivity index (χ0v) is 12.8. The Labute approximate surface area is 116 Å². The van der Waals surface area contributed by atoms with Crippen molar-refractivity contribution in [2.75, 3.05) is 5.32 Å². The van der Waals surface area contributed by atoms with Crippen LogP contribution in [0, 0.1) is 20.8 Å². The molecule has 2 aromatic rings. The van der Waals surface area contributed by atoms with Gasteiger partial charge in [-0.15, -0.1) is 0 Å². The number of aromatic nitrogens is 2. The van der Waals surface area contributed by atoms with Crippen LogP contribution < -0.4 is 5.32 Å². The molecule has 0 unspecified atom stereocenters. The molecule has 0 bridgehead atoms. The van der Waals surface area contributed by atoms with Crippen molar-refractivity contribution < 1.29 is 0 Å². The van der Waals surface area contributed by atoms with E-state index >= 15 is 0 Å². The van der Waals surface area contributed by atoms with E-state index in [1.165, 1.54) is 16.8 Å². The highest BCUT2D eigenvalue weighted by molar-refractivity contribution is 9.10. The van der Waals surface area contributed by atoms with Crippen molar-refractivity contribution in [3.05, 3.63) is 45.2 Å². The summed E-state index contributed by atoms with van der Waals surface area (Å²) in [6, 6.07) is 6.44. The third-order valence-electron chi connectivity index (χ3n) is 3.09. The van der Waals surface area contributed by atoms with Gasteiger partial charge in [-0.25, -0.2) is 0 Å². The number of halogens is 1. The highest BCUT2D eigenvalue weighted by Crippen LogP contribution is 2.22. The molecule has 0 aliphatic rings. The van der Waals surface area contributed by atoms with Gasteiger partial charge < -0.3 is 5.32 Å². The fourth-order valence-electron chi connectivity index (χ4n) is 2.06. The molecule has 1 heterocycles. The fourth-order valence-corrected chi connectivity index (χ4v) is 2.54. The molecule has 1 N–H and O–H groups in total. The summed E-state index contributed by atoms with van der Waals surface area (Å²) in [4.78, 5) is 0. The van der Waals surface area contributed by atoms with E-state index in [9.17, 15) is 0 Å². The molecule has 0 spiro atoms. The molecule has 0 saturated heterocycles. The molecule has 0 saturated carbocycles. The average molecular weight is 308 g/mol. The second-order valence-electron chi connectivity index (χ2n) is 4.64. The molecule has 0 aliphatic heterocycles. The average Bonchev–Trinajstić information content (AvgIpc) is 2.53. The molecule has 3 nitrogen and oxygen atoms in total. The summed E-state index contributed by atoms with van der Waals surface area (Å²) >= 11 is 3.58. The summed E-state index contributed by atoms with van der Waals surface area (Å²) in [7, 11) is 1.97. The molecule has 0 radical (unpaired) electrons. The smallest absolute Gasteiger partial charge is 0.0739 e. The highest BCUT2D eigenvalue weighted by atomic mass is 79.9. The van der Waals surface area contributed by atoms with Crippen LogP contribution in [-0.4, -0.2) is 9.78 Å². The van der Waals surface area contributed by atoms with Crippen LogP contribution in [0.1, 0.15) is 22.5 Å². The van der Waals surface area contributed by atoms with E-state index in [2.05, 4.69) is 58.4 Å². The van der Waals surface area contributed by atoms with E-state index in [0.29, 0.717) is 0 Å². The third-order valence-corrected chi connectivity index (χ3v) is 4.12. The van der Waals surface area contributed by atoms with E-state index in [0.717, 1.165) is 22.4 Å². The minimum absolute atomic E-state index is 0.766. The Kier molecular flexibility index (Phi) is 3.76. The number of rotatable bonds is 3. The van der Waals surface area contributed by atoms with E-state index in [-0.39, 0.29) is 0 Å². The van der Waals surface area contributed by atoms with Gasteiger partial charge in [-0.2, -0.15) is 5.10 Å². The maximum atomic E-state index is 4.39. The normalized spacial score (nSPS) is 10.7. The molecule has 1 aromatic carbocycles. The molecule has 18 heavy (non-hydrogen) atoms. The Hall–Kier alpha value is -1.29. The Morgan fingerprint density at radius 2 is 2.00 bits per heavy atom. The van der Waals surface area contributed by atoms with Gasteiger partial charge in [0, 0.05) is 12.7 Å². The van der Waals surface area contributed by atoms with E-state index in [4.69, 9.17) is 0 Å². The highest BCUT2D eigenvalue weighted by Gasteiger charge is 2.10. The second kappa shape index (κ2) is 5.14. The minimum Gasteiger partial charge on any atom is -0.379 e. The van der Waals surface area contributed by atoms with Gasteiger partial charge in [-0.3, -0.25) is 4.68 Å². The number of nitrogens with one attached hydrogen (secondary N) is 1. The number of nitrogens with zero attached hydrogens (tertiary/aromatic N) is 2. The monoisotopic (exact) mass is 307 g/mol. The summed E-state index contributed by atoms with van der Waals surface area (Å²) in [6.45, 7) is 7.00. The number of anilines is 1. The summed E-state index contributed by atoms with van der Waals surface area (Å²) in [5.41, 5.74) is 5.91. The van der Waals surface area contributed by atoms with Gasteiger partial charge in [0.25, 0.3) is 0 Å². The van der Waals surface area contributed by atoms with Crippen molar-refractivity contribution in [2.45, 2.75) is 27.3 Å². The molecule has 0 atom stereocenters. The van der Waals surface area contributed by atoms with Crippen molar-refractivity contribution >= 4 is 21.6 Å². The first-order valence-corrected chi connectivity index (χ1v) is 6.77. The molecular formula is C14H18BrN3. The van der Waals surface area contributed by atoms with Crippen LogP contribution in [0.25, 0.3) is 0 Å². The predicted octanol–water partition coefficient (Wildman–Crippen LogP) is 3.72. The van der Waals surface area contributed by atoms with Gasteiger partial charge in [-0.05, 0) is 48.3 Å². The van der Waals surface area contributed by atoms with Crippen LogP contribution in [0.4, 0.5) is 5.69 Å². The summed E-state index contributed by atoms with van der Waals surface area (Å²) in [5, 5.41) is 7.85. The van der Waals surface area contributed by atoms with Crippen LogP contribution in [-0.2, 0) is 13.6 Å². The second-order valence-corrected chi connectivity index (χ2v) is 5.43. The summed E-state index contributed by atoms with van der Waals surface area (Å²) in [6.07, 6.45) is 0. The van der Waals surface area contributed by atoms with Crippen molar-refractivity contribution in [3.8, 4) is 0 Å². The quantitative estimate of drug-likeness (QED) is 0.936. The molecule has 0 amide bonds. The van der Waals surface area contributed by atoms with Crippen LogP contribution in [0.3, 0.4) is 0 Å². The Bertz CT molecular complexity index is 573. The molecule has 1 aromatic heterocycles. The van der Waals surface area contributed by atoms with Crippen molar-refractivity contribution in [2.24, 2.45) is 7.05 Å². The van der Waals surface area contributed by atoms with Crippen molar-refractivity contribution in [1.29, 1.82) is 0 Å². The largest absolute Gasteiger partial charge is 0.379 e. The first kappa shape index (κ1) is 13.1. The van der Waals surface area contributed by atoms with Crippen LogP contribution >= 0.6 is 15.9 Å². The van der Waals surface area contributed by atoms with Crippen molar-refractivity contribution in [3.63, 3.8) is 0 Å². The number of aryl methyl sites for hydroxylation is 4. The van der Waals surface area contributed by atoms with Gasteiger partial charge >= 0.3 is 0 Å². The van der Waals surface area contributed by atoms with Gasteiger partial charge in [-0.1, -0.05) is 17.7 Å². The van der Waals surface area contributed by atoms with E-state index in [1.54, 1.807) is 0 Å². The fraction of sp³-hybridized carbons (Fsp3) is 0.357. The van der Waals surface area contributed by atoms with Gasteiger partial charge in [0.05, 0.1) is 22.4 Å². The lowest BCUT2D eigenvalue weighted by Gasteiger charge is -2.10. The molecule has 2 rings (SSSR count). The minimum atomic E-state index is 0.766. The van der Waals surface area contributed by atoms with E-state index < -0.39 is 0 Å². The summed E-state index contributed by atoms with van der Waals surface area (Å²) < 4.78 is 3.00. The molecule has 0 fully saturated rings. The maximum absolute atomic E-state index is 4.39. The predicted molar refractivity (Wildman–Crippen MR) is 78.9 cm³/mol. The Balaban J connectivity index is 2.16. The number of hydrogen-bond donors (Lipinski definition) is 1. The summed E-state index contributed by atoms with van der Waals surface area (Å²) in [5.74, 6) is 0. The lowest BCUT2D eigenvalue weighted by atomic mass is 10.1.